The van der Waals surface area contributed by atoms with Crippen molar-refractivity contribution in [2.75, 3.05) is 42.7 Å². The maximum Gasteiger partial charge on any atom is 0.503 e. The molecule has 0 saturated carbocycles. The third kappa shape index (κ3) is 4.90. The van der Waals surface area contributed by atoms with Crippen molar-refractivity contribution in [1.29, 1.82) is 0 Å². The lowest BCUT2D eigenvalue weighted by Crippen LogP contribution is -2.47. The van der Waals surface area contributed by atoms with Crippen LogP contribution < -0.4 is 0 Å². The van der Waals surface area contributed by atoms with Gasteiger partial charge in [-0.15, -0.1) is 0 Å². The molecular formula is C11H28O6Si2. The Balaban J connectivity index is 4.40. The van der Waals surface area contributed by atoms with Crippen LogP contribution in [-0.2, 0) is 26.6 Å². The number of hydrogen-bond acceptors (Lipinski definition) is 6. The fourth-order valence-corrected chi connectivity index (χ4v) is 6.23. The fourth-order valence-electron chi connectivity index (χ4n) is 2.21. The van der Waals surface area contributed by atoms with E-state index in [9.17, 15) is 0 Å². The second-order valence-corrected chi connectivity index (χ2v) is 10.8. The molecule has 0 aliphatic rings. The topological polar surface area (TPSA) is 55.4 Å². The smallest absolute Gasteiger partial charge is 0.377 e. The van der Waals surface area contributed by atoms with E-state index in [2.05, 4.69) is 6.92 Å². The molecule has 6 nitrogen and oxygen atoms in total. The van der Waals surface area contributed by atoms with E-state index in [4.69, 9.17) is 26.6 Å². The largest absolute Gasteiger partial charge is 0.503 e. The summed E-state index contributed by atoms with van der Waals surface area (Å²) in [5.41, 5.74) is 0.213. The third-order valence-corrected chi connectivity index (χ3v) is 9.55. The molecule has 0 N–H and O–H groups in total. The van der Waals surface area contributed by atoms with Crippen LogP contribution in [0.5, 0.6) is 0 Å². The van der Waals surface area contributed by atoms with Gasteiger partial charge >= 0.3 is 17.6 Å². The molecule has 0 heterocycles. The molecule has 0 amide bonds. The second kappa shape index (κ2) is 9.19. The van der Waals surface area contributed by atoms with Crippen LogP contribution in [0.3, 0.4) is 0 Å². The Kier molecular flexibility index (Phi) is 9.28. The van der Waals surface area contributed by atoms with Gasteiger partial charge < -0.3 is 26.6 Å². The van der Waals surface area contributed by atoms with Crippen molar-refractivity contribution in [1.82, 2.24) is 0 Å². The maximum atomic E-state index is 5.47. The molecule has 0 rings (SSSR count). The summed E-state index contributed by atoms with van der Waals surface area (Å²) < 4.78 is 32.6. The zero-order valence-electron chi connectivity index (χ0n) is 13.1. The van der Waals surface area contributed by atoms with Gasteiger partial charge in [-0.2, -0.15) is 0 Å². The highest BCUT2D eigenvalue weighted by Gasteiger charge is 2.45. The molecule has 0 aromatic rings. The lowest BCUT2D eigenvalue weighted by molar-refractivity contribution is 0.109. The van der Waals surface area contributed by atoms with E-state index < -0.39 is 17.6 Å². The highest BCUT2D eigenvalue weighted by atomic mass is 28.4. The predicted octanol–water partition coefficient (Wildman–Crippen LogP) is 1.91. The molecule has 116 valence electrons. The van der Waals surface area contributed by atoms with Gasteiger partial charge in [0.1, 0.15) is 0 Å². The highest BCUT2D eigenvalue weighted by molar-refractivity contribution is 6.62. The Labute approximate surface area is 119 Å². The van der Waals surface area contributed by atoms with E-state index in [0.29, 0.717) is 0 Å². The first-order valence-corrected chi connectivity index (χ1v) is 10.0. The van der Waals surface area contributed by atoms with Gasteiger partial charge in [-0.05, 0) is 12.8 Å². The maximum absolute atomic E-state index is 5.47. The van der Waals surface area contributed by atoms with E-state index in [0.717, 1.165) is 18.9 Å². The van der Waals surface area contributed by atoms with Crippen molar-refractivity contribution in [3.05, 3.63) is 0 Å². The van der Waals surface area contributed by atoms with Crippen LogP contribution in [0.15, 0.2) is 0 Å². The summed E-state index contributed by atoms with van der Waals surface area (Å²) >= 11 is 0. The van der Waals surface area contributed by atoms with Crippen molar-refractivity contribution in [3.63, 3.8) is 0 Å². The van der Waals surface area contributed by atoms with Gasteiger partial charge in [0, 0.05) is 54.2 Å². The Morgan fingerprint density at radius 1 is 0.737 bits per heavy atom. The van der Waals surface area contributed by atoms with Crippen LogP contribution in [-0.4, -0.2) is 60.3 Å². The van der Waals surface area contributed by atoms with Crippen LogP contribution in [0.1, 0.15) is 19.8 Å². The van der Waals surface area contributed by atoms with E-state index >= 15 is 0 Å². The van der Waals surface area contributed by atoms with Gasteiger partial charge in [-0.25, -0.2) is 0 Å². The molecule has 0 spiro atoms. The third-order valence-electron chi connectivity index (χ3n) is 3.51. The molecular weight excluding hydrogens is 284 g/mol. The Hall–Kier alpha value is 0.194. The summed E-state index contributed by atoms with van der Waals surface area (Å²) in [4.78, 5) is 0. The highest BCUT2D eigenvalue weighted by Crippen LogP contribution is 2.30. The summed E-state index contributed by atoms with van der Waals surface area (Å²) in [6, 6.07) is 0.766. The number of rotatable bonds is 11. The molecule has 19 heavy (non-hydrogen) atoms. The Morgan fingerprint density at radius 2 is 1.16 bits per heavy atom. The minimum Gasteiger partial charge on any atom is -0.377 e. The predicted molar refractivity (Wildman–Crippen MR) is 77.0 cm³/mol. The van der Waals surface area contributed by atoms with Crippen molar-refractivity contribution < 1.29 is 26.6 Å². The molecule has 0 aromatic heterocycles. The van der Waals surface area contributed by atoms with E-state index in [1.165, 1.54) is 0 Å². The van der Waals surface area contributed by atoms with Gasteiger partial charge in [0.2, 0.25) is 0 Å². The lowest BCUT2D eigenvalue weighted by atomic mass is 10.3. The molecule has 1 atom stereocenters. The zero-order chi connectivity index (χ0) is 14.9. The average Bonchev–Trinajstić information content (AvgIpc) is 2.46. The summed E-state index contributed by atoms with van der Waals surface area (Å²) in [7, 11) is 4.74. The molecule has 0 bridgehead atoms. The minimum absolute atomic E-state index is 0.213. The fraction of sp³-hybridized carbons (Fsp3) is 1.00. The summed E-state index contributed by atoms with van der Waals surface area (Å²) in [6.45, 7) is 2.08. The molecule has 0 saturated heterocycles. The van der Waals surface area contributed by atoms with Crippen LogP contribution in [0.2, 0.25) is 11.6 Å². The Morgan fingerprint density at radius 3 is 1.47 bits per heavy atom. The van der Waals surface area contributed by atoms with E-state index in [1.54, 1.807) is 42.7 Å². The van der Waals surface area contributed by atoms with Gasteiger partial charge in [0.15, 0.2) is 0 Å². The molecule has 0 aromatic carbocycles. The standard InChI is InChI=1S/C11H28O6Si2/c1-11(19(15-5,16-6)17-7)9-8-10-18(12-2,13-3)14-4/h11H,8-10H2,1-7H3. The minimum atomic E-state index is -2.55. The second-order valence-electron chi connectivity index (χ2n) is 4.30. The van der Waals surface area contributed by atoms with Crippen LogP contribution >= 0.6 is 0 Å². The summed E-state index contributed by atoms with van der Waals surface area (Å²) in [5.74, 6) is 0. The van der Waals surface area contributed by atoms with Crippen LogP contribution in [0.25, 0.3) is 0 Å². The molecule has 8 heteroatoms. The quantitative estimate of drug-likeness (QED) is 0.543. The van der Waals surface area contributed by atoms with Gasteiger partial charge in [-0.3, -0.25) is 0 Å². The zero-order valence-corrected chi connectivity index (χ0v) is 15.1. The Bertz CT molecular complexity index is 217. The lowest BCUT2D eigenvalue weighted by Gasteiger charge is -2.31. The molecule has 0 aliphatic heterocycles. The van der Waals surface area contributed by atoms with Gasteiger partial charge in [0.25, 0.3) is 0 Å². The summed E-state index contributed by atoms with van der Waals surface area (Å²) in [6.07, 6.45) is 1.82. The molecule has 0 aliphatic carbocycles. The van der Waals surface area contributed by atoms with Gasteiger partial charge in [0.05, 0.1) is 0 Å². The van der Waals surface area contributed by atoms with Crippen molar-refractivity contribution in [2.24, 2.45) is 0 Å². The first-order chi connectivity index (χ1) is 8.99. The molecule has 0 radical (unpaired) electrons. The first-order valence-electron chi connectivity index (χ1n) is 6.30. The van der Waals surface area contributed by atoms with Gasteiger partial charge in [-0.1, -0.05) is 6.92 Å². The summed E-state index contributed by atoms with van der Waals surface area (Å²) in [5, 5.41) is 0. The molecule has 1 unspecified atom stereocenters. The van der Waals surface area contributed by atoms with Crippen molar-refractivity contribution in [2.45, 2.75) is 31.4 Å². The van der Waals surface area contributed by atoms with Crippen molar-refractivity contribution >= 4 is 17.6 Å². The molecule has 0 fully saturated rings. The monoisotopic (exact) mass is 312 g/mol. The average molecular weight is 313 g/mol. The SMILES string of the molecule is CO[Si](CCCC(C)[Si](OC)(OC)OC)(OC)OC. The number of hydrogen-bond donors (Lipinski definition) is 0. The van der Waals surface area contributed by atoms with Crippen LogP contribution in [0, 0.1) is 0 Å². The van der Waals surface area contributed by atoms with Crippen molar-refractivity contribution in [3.8, 4) is 0 Å². The van der Waals surface area contributed by atoms with Crippen LogP contribution in [0.4, 0.5) is 0 Å². The van der Waals surface area contributed by atoms with E-state index in [1.807, 2.05) is 0 Å². The van der Waals surface area contributed by atoms with E-state index in [-0.39, 0.29) is 5.54 Å². The first kappa shape index (κ1) is 19.2. The normalized spacial score (nSPS) is 14.7.